The van der Waals surface area contributed by atoms with Crippen LogP contribution in [-0.2, 0) is 14.3 Å². The molecule has 36 heavy (non-hydrogen) atoms. The number of carbonyl (C=O) groups is 1. The minimum Gasteiger partial charge on any atom is -0.466 e. The predicted octanol–water partition coefficient (Wildman–Crippen LogP) is 8.08. The third-order valence-electron chi connectivity index (χ3n) is 13.1. The second kappa shape index (κ2) is 9.73. The van der Waals surface area contributed by atoms with E-state index < -0.39 is 0 Å². The van der Waals surface area contributed by atoms with Crippen LogP contribution in [-0.4, -0.2) is 25.8 Å². The predicted molar refractivity (Wildman–Crippen MR) is 146 cm³/mol. The molecule has 0 bridgehead atoms. The van der Waals surface area contributed by atoms with Gasteiger partial charge in [0.1, 0.15) is 0 Å². The highest BCUT2D eigenvalue weighted by atomic mass is 16.5. The summed E-state index contributed by atoms with van der Waals surface area (Å²) < 4.78 is 11.7. The van der Waals surface area contributed by atoms with Crippen molar-refractivity contribution >= 4 is 5.97 Å². The maximum atomic E-state index is 12.4. The molecule has 0 aromatic heterocycles. The Balaban J connectivity index is 1.32. The van der Waals surface area contributed by atoms with E-state index in [9.17, 15) is 4.79 Å². The van der Waals surface area contributed by atoms with E-state index >= 15 is 0 Å². The average Bonchev–Trinajstić information content (AvgIpc) is 3.37. The van der Waals surface area contributed by atoms with E-state index in [-0.39, 0.29) is 17.8 Å². The molecule has 0 amide bonds. The molecular formula is C33H54O3. The molecule has 0 unspecified atom stereocenters. The van der Waals surface area contributed by atoms with Gasteiger partial charge >= 0.3 is 5.97 Å². The van der Waals surface area contributed by atoms with Crippen LogP contribution in [0.2, 0.25) is 0 Å². The van der Waals surface area contributed by atoms with Crippen LogP contribution in [0.4, 0.5) is 0 Å². The summed E-state index contributed by atoms with van der Waals surface area (Å²) in [6.07, 6.45) is 18.8. The third-order valence-corrected chi connectivity index (χ3v) is 13.1. The largest absolute Gasteiger partial charge is 0.466 e. The van der Waals surface area contributed by atoms with Gasteiger partial charge in [-0.2, -0.15) is 0 Å². The Morgan fingerprint density at radius 2 is 1.81 bits per heavy atom. The number of fused-ring (bicyclic) bond motifs is 4. The van der Waals surface area contributed by atoms with Crippen molar-refractivity contribution in [1.29, 1.82) is 0 Å². The monoisotopic (exact) mass is 498 g/mol. The zero-order valence-electron chi connectivity index (χ0n) is 24.4. The standard InChI is InChI=1S/C33H54O3/c1-8-10-23(22(4)30(34)36-9-2)12-11-21(3)26-13-14-27-25-19-29(35-7)33-20-24(33)15-18-32(33,6)28(25)16-17-31(26,27)5/h11-12,21-29H,8-10,13-20H2,1-7H3/b12-11+/t21-,22-,23-,24+,25+,26-,27+,28+,29-,31-,32-,33+/m1/s1. The second-order valence-corrected chi connectivity index (χ2v) is 14.2. The average molecular weight is 499 g/mol. The van der Waals surface area contributed by atoms with Crippen molar-refractivity contribution in [3.8, 4) is 0 Å². The molecule has 0 aliphatic heterocycles. The Hall–Kier alpha value is -0.830. The number of allylic oxidation sites excluding steroid dienone is 2. The van der Waals surface area contributed by atoms with Gasteiger partial charge in [0.25, 0.3) is 0 Å². The molecule has 3 heteroatoms. The molecule has 5 aliphatic carbocycles. The molecule has 0 N–H and O–H groups in total. The topological polar surface area (TPSA) is 35.5 Å². The fourth-order valence-electron chi connectivity index (χ4n) is 11.2. The molecular weight excluding hydrogens is 444 g/mol. The molecule has 1 spiro atoms. The van der Waals surface area contributed by atoms with Crippen LogP contribution in [0.1, 0.15) is 106 Å². The van der Waals surface area contributed by atoms with Crippen molar-refractivity contribution in [1.82, 2.24) is 0 Å². The van der Waals surface area contributed by atoms with Crippen molar-refractivity contribution in [2.24, 2.45) is 63.6 Å². The van der Waals surface area contributed by atoms with Gasteiger partial charge in [-0.25, -0.2) is 0 Å². The summed E-state index contributed by atoms with van der Waals surface area (Å²) in [7, 11) is 2.00. The lowest BCUT2D eigenvalue weighted by atomic mass is 9.45. The summed E-state index contributed by atoms with van der Waals surface area (Å²) >= 11 is 0. The lowest BCUT2D eigenvalue weighted by Crippen LogP contribution is -2.57. The van der Waals surface area contributed by atoms with Crippen molar-refractivity contribution < 1.29 is 14.3 Å². The van der Waals surface area contributed by atoms with Crippen LogP contribution in [0.5, 0.6) is 0 Å². The first-order valence-electron chi connectivity index (χ1n) is 15.6. The van der Waals surface area contributed by atoms with Crippen LogP contribution >= 0.6 is 0 Å². The van der Waals surface area contributed by atoms with Crippen LogP contribution < -0.4 is 0 Å². The normalized spacial score (nSPS) is 47.4. The van der Waals surface area contributed by atoms with Gasteiger partial charge in [0.15, 0.2) is 0 Å². The van der Waals surface area contributed by atoms with Crippen molar-refractivity contribution in [2.45, 2.75) is 112 Å². The first-order valence-corrected chi connectivity index (χ1v) is 15.6. The van der Waals surface area contributed by atoms with Gasteiger partial charge in [-0.05, 0) is 117 Å². The number of carbonyl (C=O) groups excluding carboxylic acids is 1. The zero-order chi connectivity index (χ0) is 25.9. The van der Waals surface area contributed by atoms with Crippen LogP contribution in [0, 0.1) is 63.6 Å². The van der Waals surface area contributed by atoms with Crippen LogP contribution in [0.25, 0.3) is 0 Å². The number of ether oxygens (including phenoxy) is 2. The highest BCUT2D eigenvalue weighted by Gasteiger charge is 2.77. The van der Waals surface area contributed by atoms with Crippen molar-refractivity contribution in [3.05, 3.63) is 12.2 Å². The number of hydrogen-bond donors (Lipinski definition) is 0. The quantitative estimate of drug-likeness (QED) is 0.238. The van der Waals surface area contributed by atoms with Gasteiger partial charge in [0.2, 0.25) is 0 Å². The third kappa shape index (κ3) is 3.79. The van der Waals surface area contributed by atoms with Gasteiger partial charge in [-0.1, -0.05) is 53.2 Å². The number of methoxy groups -OCH3 is 1. The molecule has 5 rings (SSSR count). The molecule has 5 saturated carbocycles. The summed E-state index contributed by atoms with van der Waals surface area (Å²) in [6, 6.07) is 0. The Labute approximate surface area is 221 Å². The Kier molecular flexibility index (Phi) is 7.23. The van der Waals surface area contributed by atoms with Crippen LogP contribution in [0.3, 0.4) is 0 Å². The van der Waals surface area contributed by atoms with Gasteiger partial charge in [0.05, 0.1) is 18.6 Å². The Bertz CT molecular complexity index is 850. The SMILES string of the molecule is CCC[C@H](/C=C/[C@@H](C)[C@H]1CC[C@H]2[C@@H]3C[C@@H](OC)[C@]45C[C@@H]4CC[C@]5(C)[C@H]3CC[C@]12C)[C@@H](C)C(=O)OCC. The minimum absolute atomic E-state index is 0.0412. The molecule has 204 valence electrons. The van der Waals surface area contributed by atoms with E-state index in [0.717, 1.165) is 42.4 Å². The van der Waals surface area contributed by atoms with E-state index in [2.05, 4.69) is 46.8 Å². The molecule has 3 nitrogen and oxygen atoms in total. The van der Waals surface area contributed by atoms with E-state index in [1.165, 1.54) is 51.4 Å². The highest BCUT2D eigenvalue weighted by molar-refractivity contribution is 5.72. The second-order valence-electron chi connectivity index (χ2n) is 14.2. The molecule has 0 radical (unpaired) electrons. The summed E-state index contributed by atoms with van der Waals surface area (Å²) in [4.78, 5) is 12.4. The van der Waals surface area contributed by atoms with Gasteiger partial charge < -0.3 is 9.47 Å². The Morgan fingerprint density at radius 3 is 2.47 bits per heavy atom. The maximum absolute atomic E-state index is 12.4. The molecule has 0 heterocycles. The molecule has 12 atom stereocenters. The summed E-state index contributed by atoms with van der Waals surface area (Å²) in [6.45, 7) is 14.4. The molecule has 5 fully saturated rings. The Morgan fingerprint density at radius 1 is 1.03 bits per heavy atom. The smallest absolute Gasteiger partial charge is 0.309 e. The molecule has 5 aliphatic rings. The fourth-order valence-corrected chi connectivity index (χ4v) is 11.2. The molecule has 0 aromatic rings. The molecule has 0 saturated heterocycles. The van der Waals surface area contributed by atoms with Crippen molar-refractivity contribution in [2.75, 3.05) is 13.7 Å². The van der Waals surface area contributed by atoms with Crippen molar-refractivity contribution in [3.63, 3.8) is 0 Å². The van der Waals surface area contributed by atoms with E-state index in [0.29, 0.717) is 34.9 Å². The summed E-state index contributed by atoms with van der Waals surface area (Å²) in [5.41, 5.74) is 1.48. The summed E-state index contributed by atoms with van der Waals surface area (Å²) in [5, 5.41) is 0. The number of esters is 1. The van der Waals surface area contributed by atoms with E-state index in [1.54, 1.807) is 0 Å². The number of hydrogen-bond acceptors (Lipinski definition) is 3. The van der Waals surface area contributed by atoms with E-state index in [4.69, 9.17) is 9.47 Å². The fraction of sp³-hybridized carbons (Fsp3) is 0.909. The maximum Gasteiger partial charge on any atom is 0.309 e. The lowest BCUT2D eigenvalue weighted by molar-refractivity contribution is -0.160. The highest BCUT2D eigenvalue weighted by Crippen LogP contribution is 2.82. The van der Waals surface area contributed by atoms with Crippen LogP contribution in [0.15, 0.2) is 12.2 Å². The zero-order valence-corrected chi connectivity index (χ0v) is 24.4. The minimum atomic E-state index is -0.0605. The van der Waals surface area contributed by atoms with E-state index in [1.807, 2.05) is 14.0 Å². The first kappa shape index (κ1) is 26.8. The number of rotatable bonds is 9. The lowest BCUT2D eigenvalue weighted by Gasteiger charge is -2.61. The van der Waals surface area contributed by atoms with Gasteiger partial charge in [-0.15, -0.1) is 0 Å². The summed E-state index contributed by atoms with van der Waals surface area (Å²) in [5.74, 6) is 5.07. The van der Waals surface area contributed by atoms with Gasteiger partial charge in [0, 0.05) is 12.5 Å². The first-order chi connectivity index (χ1) is 17.2. The molecule has 0 aromatic carbocycles. The van der Waals surface area contributed by atoms with Gasteiger partial charge in [-0.3, -0.25) is 4.79 Å².